The third-order valence-electron chi connectivity index (χ3n) is 2.93. The number of carbonyl (C=O) groups is 1. The summed E-state index contributed by atoms with van der Waals surface area (Å²) in [6.45, 7) is 0. The number of hydrogen-bond acceptors (Lipinski definition) is 3. The summed E-state index contributed by atoms with van der Waals surface area (Å²) in [6, 6.07) is 5.19. The minimum atomic E-state index is -0.179. The average Bonchev–Trinajstić information content (AvgIpc) is 2.26. The standard InChI is InChI=1S/C12H14O3/c1-15-12(14)11-4-2-3-8-7-9(13)5-6-10(8)11/h5-7,11,13H,2-4H2,1H3. The Morgan fingerprint density at radius 1 is 1.53 bits per heavy atom. The Bertz CT molecular complexity index is 384. The molecule has 0 saturated carbocycles. The molecule has 3 heteroatoms. The van der Waals surface area contributed by atoms with Crippen LogP contribution in [0.4, 0.5) is 0 Å². The topological polar surface area (TPSA) is 46.5 Å². The first-order chi connectivity index (χ1) is 7.22. The zero-order valence-corrected chi connectivity index (χ0v) is 8.69. The predicted octanol–water partition coefficient (Wildman–Crippen LogP) is 1.99. The molecule has 0 fully saturated rings. The third kappa shape index (κ3) is 1.82. The number of methoxy groups -OCH3 is 1. The molecule has 0 amide bonds. The van der Waals surface area contributed by atoms with Gasteiger partial charge >= 0.3 is 5.97 Å². The number of esters is 1. The van der Waals surface area contributed by atoms with E-state index in [1.165, 1.54) is 7.11 Å². The van der Waals surface area contributed by atoms with Gasteiger partial charge in [0.05, 0.1) is 13.0 Å². The van der Waals surface area contributed by atoms with Crippen LogP contribution in [0.5, 0.6) is 5.75 Å². The van der Waals surface area contributed by atoms with Crippen molar-refractivity contribution < 1.29 is 14.6 Å². The molecule has 15 heavy (non-hydrogen) atoms. The molecule has 1 aliphatic rings. The lowest BCUT2D eigenvalue weighted by atomic mass is 9.83. The number of rotatable bonds is 1. The van der Waals surface area contributed by atoms with Crippen LogP contribution in [-0.2, 0) is 16.0 Å². The van der Waals surface area contributed by atoms with Gasteiger partial charge in [0.1, 0.15) is 5.75 Å². The van der Waals surface area contributed by atoms with Crippen molar-refractivity contribution in [1.29, 1.82) is 0 Å². The molecule has 1 atom stereocenters. The lowest BCUT2D eigenvalue weighted by molar-refractivity contribution is -0.142. The molecule has 1 aliphatic carbocycles. The fraction of sp³-hybridized carbons (Fsp3) is 0.417. The molecule has 0 aromatic heterocycles. The first-order valence-corrected chi connectivity index (χ1v) is 5.12. The maximum atomic E-state index is 11.5. The molecule has 1 N–H and O–H groups in total. The molecule has 3 nitrogen and oxygen atoms in total. The molecular weight excluding hydrogens is 192 g/mol. The zero-order chi connectivity index (χ0) is 10.8. The van der Waals surface area contributed by atoms with Gasteiger partial charge < -0.3 is 9.84 Å². The summed E-state index contributed by atoms with van der Waals surface area (Å²) in [5.74, 6) is -0.0692. The molecule has 80 valence electrons. The summed E-state index contributed by atoms with van der Waals surface area (Å²) in [5, 5.41) is 9.35. The number of fused-ring (bicyclic) bond motifs is 1. The van der Waals surface area contributed by atoms with E-state index in [0.717, 1.165) is 30.4 Å². The van der Waals surface area contributed by atoms with E-state index in [9.17, 15) is 9.90 Å². The second-order valence-corrected chi connectivity index (χ2v) is 3.85. The summed E-state index contributed by atoms with van der Waals surface area (Å²) >= 11 is 0. The van der Waals surface area contributed by atoms with Crippen LogP contribution in [0.3, 0.4) is 0 Å². The van der Waals surface area contributed by atoms with E-state index < -0.39 is 0 Å². The van der Waals surface area contributed by atoms with E-state index >= 15 is 0 Å². The van der Waals surface area contributed by atoms with Crippen molar-refractivity contribution in [3.8, 4) is 5.75 Å². The molecule has 1 aromatic carbocycles. The number of ether oxygens (including phenoxy) is 1. The average molecular weight is 206 g/mol. The van der Waals surface area contributed by atoms with Gasteiger partial charge in [-0.1, -0.05) is 6.07 Å². The number of aryl methyl sites for hydroxylation is 1. The Kier molecular flexibility index (Phi) is 2.62. The van der Waals surface area contributed by atoms with E-state index in [-0.39, 0.29) is 17.6 Å². The summed E-state index contributed by atoms with van der Waals surface area (Å²) in [7, 11) is 1.41. The Morgan fingerprint density at radius 2 is 2.33 bits per heavy atom. The monoisotopic (exact) mass is 206 g/mol. The largest absolute Gasteiger partial charge is 0.508 e. The lowest BCUT2D eigenvalue weighted by Gasteiger charge is -2.23. The number of phenolic OH excluding ortho intramolecular Hbond substituents is 1. The predicted molar refractivity (Wildman–Crippen MR) is 55.8 cm³/mol. The highest BCUT2D eigenvalue weighted by Crippen LogP contribution is 2.34. The highest BCUT2D eigenvalue weighted by Gasteiger charge is 2.27. The minimum absolute atomic E-state index is 0.153. The molecule has 1 aromatic rings. The first kappa shape index (κ1) is 10.0. The highest BCUT2D eigenvalue weighted by molar-refractivity contribution is 5.79. The molecule has 0 saturated heterocycles. The van der Waals surface area contributed by atoms with Crippen LogP contribution >= 0.6 is 0 Å². The number of phenols is 1. The fourth-order valence-corrected chi connectivity index (χ4v) is 2.19. The van der Waals surface area contributed by atoms with Crippen molar-refractivity contribution in [2.24, 2.45) is 0 Å². The molecule has 0 bridgehead atoms. The van der Waals surface area contributed by atoms with Crippen molar-refractivity contribution >= 4 is 5.97 Å². The quantitative estimate of drug-likeness (QED) is 0.715. The Labute approximate surface area is 88.7 Å². The molecule has 0 aliphatic heterocycles. The molecule has 0 radical (unpaired) electrons. The van der Waals surface area contributed by atoms with Crippen LogP contribution in [0.2, 0.25) is 0 Å². The molecule has 1 unspecified atom stereocenters. The molecule has 2 rings (SSSR count). The lowest BCUT2D eigenvalue weighted by Crippen LogP contribution is -2.19. The summed E-state index contributed by atoms with van der Waals surface area (Å²) in [6.07, 6.45) is 2.73. The van der Waals surface area contributed by atoms with Gasteiger partial charge in [-0.3, -0.25) is 4.79 Å². The Hall–Kier alpha value is -1.51. The van der Waals surface area contributed by atoms with Crippen molar-refractivity contribution in [3.63, 3.8) is 0 Å². The number of hydrogen-bond donors (Lipinski definition) is 1. The van der Waals surface area contributed by atoms with Gasteiger partial charge in [0, 0.05) is 0 Å². The van der Waals surface area contributed by atoms with E-state index in [4.69, 9.17) is 4.74 Å². The van der Waals surface area contributed by atoms with Crippen molar-refractivity contribution in [1.82, 2.24) is 0 Å². The van der Waals surface area contributed by atoms with E-state index in [1.54, 1.807) is 12.1 Å². The normalized spacial score (nSPS) is 19.4. The van der Waals surface area contributed by atoms with Crippen LogP contribution in [-0.4, -0.2) is 18.2 Å². The highest BCUT2D eigenvalue weighted by atomic mass is 16.5. The SMILES string of the molecule is COC(=O)C1CCCc2cc(O)ccc21. The fourth-order valence-electron chi connectivity index (χ4n) is 2.19. The van der Waals surface area contributed by atoms with Crippen molar-refractivity contribution in [2.45, 2.75) is 25.2 Å². The Balaban J connectivity index is 2.38. The van der Waals surface area contributed by atoms with Gasteiger partial charge in [-0.05, 0) is 42.5 Å². The number of benzene rings is 1. The van der Waals surface area contributed by atoms with Crippen LogP contribution < -0.4 is 0 Å². The molecule has 0 spiro atoms. The van der Waals surface area contributed by atoms with Gasteiger partial charge in [-0.15, -0.1) is 0 Å². The smallest absolute Gasteiger partial charge is 0.313 e. The second-order valence-electron chi connectivity index (χ2n) is 3.85. The van der Waals surface area contributed by atoms with Crippen LogP contribution in [0.15, 0.2) is 18.2 Å². The van der Waals surface area contributed by atoms with Crippen LogP contribution in [0, 0.1) is 0 Å². The van der Waals surface area contributed by atoms with Crippen molar-refractivity contribution in [2.75, 3.05) is 7.11 Å². The maximum Gasteiger partial charge on any atom is 0.313 e. The second kappa shape index (κ2) is 3.93. The van der Waals surface area contributed by atoms with Gasteiger partial charge in [0.15, 0.2) is 0 Å². The minimum Gasteiger partial charge on any atom is -0.508 e. The summed E-state index contributed by atoms with van der Waals surface area (Å²) in [5.41, 5.74) is 2.07. The van der Waals surface area contributed by atoms with Gasteiger partial charge in [0.25, 0.3) is 0 Å². The van der Waals surface area contributed by atoms with Crippen LogP contribution in [0.1, 0.15) is 29.9 Å². The van der Waals surface area contributed by atoms with E-state index in [1.807, 2.05) is 6.07 Å². The molecule has 0 heterocycles. The van der Waals surface area contributed by atoms with Gasteiger partial charge in [-0.25, -0.2) is 0 Å². The third-order valence-corrected chi connectivity index (χ3v) is 2.93. The molecular formula is C12H14O3. The number of aromatic hydroxyl groups is 1. The maximum absolute atomic E-state index is 11.5. The Morgan fingerprint density at radius 3 is 3.07 bits per heavy atom. The van der Waals surface area contributed by atoms with E-state index in [2.05, 4.69) is 0 Å². The number of carbonyl (C=O) groups excluding carboxylic acids is 1. The van der Waals surface area contributed by atoms with Crippen LogP contribution in [0.25, 0.3) is 0 Å². The summed E-state index contributed by atoms with van der Waals surface area (Å²) < 4.78 is 4.78. The van der Waals surface area contributed by atoms with E-state index in [0.29, 0.717) is 0 Å². The van der Waals surface area contributed by atoms with Gasteiger partial charge in [-0.2, -0.15) is 0 Å². The zero-order valence-electron chi connectivity index (χ0n) is 8.69. The van der Waals surface area contributed by atoms with Gasteiger partial charge in [0.2, 0.25) is 0 Å². The first-order valence-electron chi connectivity index (χ1n) is 5.12. The van der Waals surface area contributed by atoms with Crippen molar-refractivity contribution in [3.05, 3.63) is 29.3 Å². The summed E-state index contributed by atoms with van der Waals surface area (Å²) in [4.78, 5) is 11.5.